The average Bonchev–Trinajstić information content (AvgIpc) is 2.16. The van der Waals surface area contributed by atoms with E-state index in [4.69, 9.17) is 19.2 Å². The fourth-order valence-corrected chi connectivity index (χ4v) is 1.19. The highest BCUT2D eigenvalue weighted by atomic mass is 31.2. The monoisotopic (exact) mass is 255 g/mol. The van der Waals surface area contributed by atoms with Gasteiger partial charge in [-0.15, -0.1) is 0 Å². The molecule has 0 unspecified atom stereocenters. The molecule has 6 heteroatoms. The summed E-state index contributed by atoms with van der Waals surface area (Å²) in [5.74, 6) is 0. The van der Waals surface area contributed by atoms with Crippen molar-refractivity contribution < 1.29 is 19.2 Å². The standard InChI is InChI=1S/C10H23N.H3O4P/c1-4-7-9-11(6-3)10-8-5-2;1-5(2,3)4/h4-10H2,1-3H3;(H3,1,2,3,4). The van der Waals surface area contributed by atoms with Crippen LogP contribution in [0.4, 0.5) is 0 Å². The Kier molecular flexibility index (Phi) is 13.3. The van der Waals surface area contributed by atoms with Crippen LogP contribution in [0.5, 0.6) is 0 Å². The minimum absolute atomic E-state index is 1.22. The van der Waals surface area contributed by atoms with Crippen molar-refractivity contribution in [2.45, 2.75) is 46.5 Å². The van der Waals surface area contributed by atoms with Crippen molar-refractivity contribution in [3.63, 3.8) is 0 Å². The number of hydrogen-bond acceptors (Lipinski definition) is 2. The van der Waals surface area contributed by atoms with Gasteiger partial charge in [-0.25, -0.2) is 4.57 Å². The molecule has 0 spiro atoms. The molecule has 0 radical (unpaired) electrons. The third-order valence-corrected chi connectivity index (χ3v) is 2.10. The van der Waals surface area contributed by atoms with Gasteiger partial charge >= 0.3 is 7.82 Å². The summed E-state index contributed by atoms with van der Waals surface area (Å²) in [4.78, 5) is 24.1. The molecule has 0 amide bonds. The highest BCUT2D eigenvalue weighted by Gasteiger charge is 2.00. The van der Waals surface area contributed by atoms with Gasteiger partial charge in [-0.1, -0.05) is 33.6 Å². The van der Waals surface area contributed by atoms with Crippen molar-refractivity contribution in [3.8, 4) is 0 Å². The van der Waals surface area contributed by atoms with Crippen LogP contribution in [0.15, 0.2) is 0 Å². The highest BCUT2D eigenvalue weighted by Crippen LogP contribution is 2.25. The summed E-state index contributed by atoms with van der Waals surface area (Å²) in [5, 5.41) is 0. The normalized spacial score (nSPS) is 11.2. The van der Waals surface area contributed by atoms with E-state index in [1.807, 2.05) is 0 Å². The number of rotatable bonds is 7. The third kappa shape index (κ3) is 23.7. The average molecular weight is 255 g/mol. The molecular formula is C10H26NO4P. The predicted molar refractivity (Wildman–Crippen MR) is 66.2 cm³/mol. The number of hydrogen-bond donors (Lipinski definition) is 3. The molecular weight excluding hydrogens is 229 g/mol. The van der Waals surface area contributed by atoms with Crippen LogP contribution in [0, 0.1) is 0 Å². The predicted octanol–water partition coefficient (Wildman–Crippen LogP) is 1.98. The van der Waals surface area contributed by atoms with E-state index in [1.54, 1.807) is 0 Å². The highest BCUT2D eigenvalue weighted by molar-refractivity contribution is 7.45. The number of nitrogens with zero attached hydrogens (tertiary/aromatic N) is 1. The largest absolute Gasteiger partial charge is 0.466 e. The Labute approximate surface area is 98.7 Å². The lowest BCUT2D eigenvalue weighted by Crippen LogP contribution is -2.25. The first-order valence-corrected chi connectivity index (χ1v) is 7.42. The molecule has 0 heterocycles. The molecule has 0 aliphatic carbocycles. The van der Waals surface area contributed by atoms with Gasteiger partial charge in [-0.3, -0.25) is 0 Å². The topological polar surface area (TPSA) is 81.0 Å². The van der Waals surface area contributed by atoms with E-state index in [-0.39, 0.29) is 0 Å². The van der Waals surface area contributed by atoms with Crippen LogP contribution in [0.2, 0.25) is 0 Å². The molecule has 3 N–H and O–H groups in total. The van der Waals surface area contributed by atoms with Gasteiger partial charge in [0.15, 0.2) is 0 Å². The van der Waals surface area contributed by atoms with Gasteiger partial charge in [0, 0.05) is 0 Å². The molecule has 0 bridgehead atoms. The van der Waals surface area contributed by atoms with E-state index in [0.717, 1.165) is 0 Å². The lowest BCUT2D eigenvalue weighted by Gasteiger charge is -2.19. The van der Waals surface area contributed by atoms with E-state index in [2.05, 4.69) is 25.7 Å². The van der Waals surface area contributed by atoms with Crippen LogP contribution in [0.25, 0.3) is 0 Å². The van der Waals surface area contributed by atoms with Crippen LogP contribution >= 0.6 is 7.82 Å². The Bertz CT molecular complexity index is 167. The lowest BCUT2D eigenvalue weighted by molar-refractivity contribution is 0.275. The minimum atomic E-state index is -4.64. The maximum absolute atomic E-state index is 8.88. The Hall–Kier alpha value is 0.0700. The van der Waals surface area contributed by atoms with Crippen molar-refractivity contribution in [2.24, 2.45) is 0 Å². The fourth-order valence-electron chi connectivity index (χ4n) is 1.19. The van der Waals surface area contributed by atoms with Gasteiger partial charge in [-0.2, -0.15) is 0 Å². The van der Waals surface area contributed by atoms with Gasteiger partial charge in [0.05, 0.1) is 0 Å². The summed E-state index contributed by atoms with van der Waals surface area (Å²) in [6.07, 6.45) is 5.36. The Balaban J connectivity index is 0. The van der Waals surface area contributed by atoms with Gasteiger partial charge in [0.25, 0.3) is 0 Å². The molecule has 0 aromatic carbocycles. The van der Waals surface area contributed by atoms with E-state index in [1.165, 1.54) is 45.3 Å². The molecule has 100 valence electrons. The van der Waals surface area contributed by atoms with Crippen LogP contribution in [0.3, 0.4) is 0 Å². The lowest BCUT2D eigenvalue weighted by atomic mass is 10.2. The van der Waals surface area contributed by atoms with Gasteiger partial charge in [0.1, 0.15) is 0 Å². The summed E-state index contributed by atoms with van der Waals surface area (Å²) >= 11 is 0. The van der Waals surface area contributed by atoms with Crippen molar-refractivity contribution in [1.82, 2.24) is 4.90 Å². The molecule has 5 nitrogen and oxygen atoms in total. The summed E-state index contributed by atoms with van der Waals surface area (Å²) in [6.45, 7) is 10.6. The van der Waals surface area contributed by atoms with Gasteiger partial charge < -0.3 is 19.6 Å². The molecule has 0 saturated carbocycles. The van der Waals surface area contributed by atoms with Gasteiger partial charge in [0.2, 0.25) is 0 Å². The molecule has 0 atom stereocenters. The zero-order chi connectivity index (χ0) is 13.0. The van der Waals surface area contributed by atoms with Crippen LogP contribution < -0.4 is 0 Å². The van der Waals surface area contributed by atoms with Gasteiger partial charge in [-0.05, 0) is 32.5 Å². The molecule has 0 saturated heterocycles. The summed E-state index contributed by atoms with van der Waals surface area (Å²) in [7, 11) is -4.64. The van der Waals surface area contributed by atoms with E-state index in [0.29, 0.717) is 0 Å². The maximum atomic E-state index is 8.88. The molecule has 0 rings (SSSR count). The second-order valence-electron chi connectivity index (χ2n) is 3.65. The second-order valence-corrected chi connectivity index (χ2v) is 4.68. The van der Waals surface area contributed by atoms with E-state index >= 15 is 0 Å². The molecule has 0 aromatic rings. The van der Waals surface area contributed by atoms with Crippen molar-refractivity contribution >= 4 is 7.82 Å². The van der Waals surface area contributed by atoms with Crippen LogP contribution in [0.1, 0.15) is 46.5 Å². The number of unbranched alkanes of at least 4 members (excludes halogenated alkanes) is 2. The van der Waals surface area contributed by atoms with E-state index in [9.17, 15) is 0 Å². The summed E-state index contributed by atoms with van der Waals surface area (Å²) < 4.78 is 8.88. The van der Waals surface area contributed by atoms with Crippen LogP contribution in [-0.2, 0) is 4.57 Å². The first-order chi connectivity index (χ1) is 7.35. The fraction of sp³-hybridized carbons (Fsp3) is 1.00. The molecule has 0 aromatic heterocycles. The Morgan fingerprint density at radius 2 is 1.25 bits per heavy atom. The first kappa shape index (κ1) is 18.4. The minimum Gasteiger partial charge on any atom is -0.304 e. The van der Waals surface area contributed by atoms with Crippen molar-refractivity contribution in [3.05, 3.63) is 0 Å². The smallest absolute Gasteiger partial charge is 0.304 e. The zero-order valence-electron chi connectivity index (χ0n) is 10.6. The van der Waals surface area contributed by atoms with Crippen LogP contribution in [-0.4, -0.2) is 39.2 Å². The maximum Gasteiger partial charge on any atom is 0.466 e. The summed E-state index contributed by atoms with van der Waals surface area (Å²) in [6, 6.07) is 0. The quantitative estimate of drug-likeness (QED) is 0.606. The van der Waals surface area contributed by atoms with Crippen molar-refractivity contribution in [1.29, 1.82) is 0 Å². The Morgan fingerprint density at radius 1 is 0.938 bits per heavy atom. The SMILES string of the molecule is CCCCN(CC)CCCC.O=P(O)(O)O. The van der Waals surface area contributed by atoms with E-state index < -0.39 is 7.82 Å². The third-order valence-electron chi connectivity index (χ3n) is 2.10. The Morgan fingerprint density at radius 3 is 1.44 bits per heavy atom. The second kappa shape index (κ2) is 11.6. The molecule has 0 aliphatic rings. The van der Waals surface area contributed by atoms with Crippen molar-refractivity contribution in [2.75, 3.05) is 19.6 Å². The first-order valence-electron chi connectivity index (χ1n) is 5.85. The molecule has 0 fully saturated rings. The number of phosphoric acid groups is 1. The molecule has 16 heavy (non-hydrogen) atoms. The molecule has 0 aliphatic heterocycles. The summed E-state index contributed by atoms with van der Waals surface area (Å²) in [5.41, 5.74) is 0. The zero-order valence-corrected chi connectivity index (χ0v) is 11.5.